The lowest BCUT2D eigenvalue weighted by Gasteiger charge is -2.39. The monoisotopic (exact) mass is 269 g/mol. The van der Waals surface area contributed by atoms with Gasteiger partial charge < -0.3 is 16.0 Å². The van der Waals surface area contributed by atoms with Gasteiger partial charge in [0.1, 0.15) is 5.54 Å². The minimum atomic E-state index is -0.647. The lowest BCUT2D eigenvalue weighted by atomic mass is 9.86. The van der Waals surface area contributed by atoms with Crippen LogP contribution < -0.4 is 11.1 Å². The Kier molecular flexibility index (Phi) is 5.81. The number of likely N-dealkylation sites (N-methyl/N-ethyl adjacent to an activating group) is 1. The molecule has 1 rings (SSSR count). The Bertz CT molecular complexity index is 298. The quantitative estimate of drug-likeness (QED) is 0.772. The van der Waals surface area contributed by atoms with E-state index in [0.29, 0.717) is 12.6 Å². The van der Waals surface area contributed by atoms with Gasteiger partial charge in [0.15, 0.2) is 0 Å². The second-order valence-corrected chi connectivity index (χ2v) is 6.82. The first kappa shape index (κ1) is 16.4. The molecular weight excluding hydrogens is 238 g/mol. The normalized spacial score (nSPS) is 27.5. The summed E-state index contributed by atoms with van der Waals surface area (Å²) in [5, 5.41) is 3.32. The molecule has 1 amide bonds. The highest BCUT2D eigenvalue weighted by Crippen LogP contribution is 2.27. The SMILES string of the molecule is CC1CCC(N(C)CC(C)(NC(C)C)C(N)=O)CC1. The molecule has 0 saturated heterocycles. The molecule has 0 aliphatic heterocycles. The van der Waals surface area contributed by atoms with Crippen molar-refractivity contribution in [2.45, 2.75) is 71.0 Å². The van der Waals surface area contributed by atoms with Gasteiger partial charge >= 0.3 is 0 Å². The zero-order chi connectivity index (χ0) is 14.6. The van der Waals surface area contributed by atoms with Crippen molar-refractivity contribution in [2.75, 3.05) is 13.6 Å². The molecule has 19 heavy (non-hydrogen) atoms. The average molecular weight is 269 g/mol. The molecule has 112 valence electrons. The summed E-state index contributed by atoms with van der Waals surface area (Å²) in [7, 11) is 2.11. The molecule has 4 nitrogen and oxygen atoms in total. The Morgan fingerprint density at radius 1 is 1.37 bits per heavy atom. The van der Waals surface area contributed by atoms with Gasteiger partial charge in [0.25, 0.3) is 0 Å². The molecule has 0 aromatic carbocycles. The molecule has 1 saturated carbocycles. The number of rotatable bonds is 6. The summed E-state index contributed by atoms with van der Waals surface area (Å²) >= 11 is 0. The van der Waals surface area contributed by atoms with Crippen LogP contribution in [0.4, 0.5) is 0 Å². The van der Waals surface area contributed by atoms with Crippen molar-refractivity contribution >= 4 is 5.91 Å². The number of carbonyl (C=O) groups is 1. The van der Waals surface area contributed by atoms with Crippen LogP contribution in [-0.4, -0.2) is 42.0 Å². The van der Waals surface area contributed by atoms with Crippen LogP contribution >= 0.6 is 0 Å². The zero-order valence-corrected chi connectivity index (χ0v) is 13.2. The van der Waals surface area contributed by atoms with Gasteiger partial charge in [-0.1, -0.05) is 6.92 Å². The molecule has 0 aromatic rings. The predicted molar refractivity (Wildman–Crippen MR) is 79.9 cm³/mol. The smallest absolute Gasteiger partial charge is 0.238 e. The van der Waals surface area contributed by atoms with E-state index >= 15 is 0 Å². The third kappa shape index (κ3) is 4.77. The Morgan fingerprint density at radius 3 is 2.32 bits per heavy atom. The van der Waals surface area contributed by atoms with Gasteiger partial charge in [0.05, 0.1) is 0 Å². The maximum atomic E-state index is 11.8. The van der Waals surface area contributed by atoms with Crippen LogP contribution in [0.25, 0.3) is 0 Å². The lowest BCUT2D eigenvalue weighted by Crippen LogP contribution is -2.62. The van der Waals surface area contributed by atoms with Gasteiger partial charge in [-0.25, -0.2) is 0 Å². The van der Waals surface area contributed by atoms with E-state index in [1.165, 1.54) is 25.7 Å². The number of nitrogens with one attached hydrogen (secondary N) is 1. The Hall–Kier alpha value is -0.610. The van der Waals surface area contributed by atoms with Crippen LogP contribution in [0.15, 0.2) is 0 Å². The third-order valence-electron chi connectivity index (χ3n) is 4.33. The molecule has 0 bridgehead atoms. The van der Waals surface area contributed by atoms with Gasteiger partial charge in [-0.2, -0.15) is 0 Å². The topological polar surface area (TPSA) is 58.4 Å². The standard InChI is InChI=1S/C15H31N3O/c1-11(2)17-15(4,14(16)19)10-18(5)13-8-6-12(3)7-9-13/h11-13,17H,6-10H2,1-5H3,(H2,16,19). The Morgan fingerprint density at radius 2 is 1.89 bits per heavy atom. The molecule has 0 heterocycles. The first-order valence-electron chi connectivity index (χ1n) is 7.52. The van der Waals surface area contributed by atoms with Crippen LogP contribution in [0.5, 0.6) is 0 Å². The van der Waals surface area contributed by atoms with E-state index in [0.717, 1.165) is 5.92 Å². The summed E-state index contributed by atoms with van der Waals surface area (Å²) in [6.07, 6.45) is 5.04. The maximum Gasteiger partial charge on any atom is 0.238 e. The van der Waals surface area contributed by atoms with Crippen molar-refractivity contribution in [1.82, 2.24) is 10.2 Å². The van der Waals surface area contributed by atoms with Crippen LogP contribution in [0.1, 0.15) is 53.4 Å². The number of nitrogens with zero attached hydrogens (tertiary/aromatic N) is 1. The molecule has 1 atom stereocenters. The van der Waals surface area contributed by atoms with Crippen molar-refractivity contribution in [3.63, 3.8) is 0 Å². The van der Waals surface area contributed by atoms with Gasteiger partial charge in [-0.05, 0) is 59.4 Å². The summed E-state index contributed by atoms with van der Waals surface area (Å²) in [6, 6.07) is 0.834. The first-order chi connectivity index (χ1) is 8.74. The Balaban J connectivity index is 2.61. The van der Waals surface area contributed by atoms with Crippen molar-refractivity contribution in [2.24, 2.45) is 11.7 Å². The zero-order valence-electron chi connectivity index (χ0n) is 13.2. The van der Waals surface area contributed by atoms with Crippen molar-refractivity contribution < 1.29 is 4.79 Å². The fourth-order valence-corrected chi connectivity index (χ4v) is 3.14. The van der Waals surface area contributed by atoms with E-state index in [2.05, 4.69) is 24.2 Å². The van der Waals surface area contributed by atoms with Crippen molar-refractivity contribution in [3.05, 3.63) is 0 Å². The third-order valence-corrected chi connectivity index (χ3v) is 4.33. The fourth-order valence-electron chi connectivity index (χ4n) is 3.14. The second-order valence-electron chi connectivity index (χ2n) is 6.82. The molecular formula is C15H31N3O. The predicted octanol–water partition coefficient (Wildman–Crippen LogP) is 1.74. The number of nitrogens with two attached hydrogens (primary N) is 1. The molecule has 1 fully saturated rings. The summed E-state index contributed by atoms with van der Waals surface area (Å²) in [5.74, 6) is 0.582. The first-order valence-corrected chi connectivity index (χ1v) is 7.52. The lowest BCUT2D eigenvalue weighted by molar-refractivity contribution is -0.125. The average Bonchev–Trinajstić information content (AvgIpc) is 2.28. The second kappa shape index (κ2) is 6.71. The van der Waals surface area contributed by atoms with E-state index in [9.17, 15) is 4.79 Å². The molecule has 4 heteroatoms. The fraction of sp³-hybridized carbons (Fsp3) is 0.933. The summed E-state index contributed by atoms with van der Waals surface area (Å²) in [6.45, 7) is 9.01. The Labute approximate surface area is 118 Å². The summed E-state index contributed by atoms with van der Waals surface area (Å²) in [5.41, 5.74) is 4.94. The van der Waals surface area contributed by atoms with Crippen molar-refractivity contribution in [1.29, 1.82) is 0 Å². The largest absolute Gasteiger partial charge is 0.368 e. The molecule has 0 radical (unpaired) electrons. The molecule has 0 aromatic heterocycles. The van der Waals surface area contributed by atoms with E-state index < -0.39 is 5.54 Å². The summed E-state index contributed by atoms with van der Waals surface area (Å²) < 4.78 is 0. The van der Waals surface area contributed by atoms with E-state index in [1.807, 2.05) is 20.8 Å². The molecule has 1 aliphatic carbocycles. The molecule has 1 unspecified atom stereocenters. The number of primary amides is 1. The number of hydrogen-bond donors (Lipinski definition) is 2. The van der Waals surface area contributed by atoms with E-state index in [-0.39, 0.29) is 11.9 Å². The number of hydrogen-bond acceptors (Lipinski definition) is 3. The van der Waals surface area contributed by atoms with Crippen LogP contribution in [0.3, 0.4) is 0 Å². The van der Waals surface area contributed by atoms with Gasteiger partial charge in [-0.15, -0.1) is 0 Å². The van der Waals surface area contributed by atoms with Gasteiger partial charge in [0.2, 0.25) is 5.91 Å². The minimum Gasteiger partial charge on any atom is -0.368 e. The van der Waals surface area contributed by atoms with E-state index in [4.69, 9.17) is 5.73 Å². The van der Waals surface area contributed by atoms with Gasteiger partial charge in [0, 0.05) is 18.6 Å². The number of carbonyl (C=O) groups excluding carboxylic acids is 1. The molecule has 0 spiro atoms. The highest BCUT2D eigenvalue weighted by Gasteiger charge is 2.35. The van der Waals surface area contributed by atoms with Crippen LogP contribution in [0, 0.1) is 5.92 Å². The van der Waals surface area contributed by atoms with Crippen molar-refractivity contribution in [3.8, 4) is 0 Å². The molecule has 1 aliphatic rings. The van der Waals surface area contributed by atoms with Crippen LogP contribution in [-0.2, 0) is 4.79 Å². The molecule has 3 N–H and O–H groups in total. The maximum absolute atomic E-state index is 11.8. The van der Waals surface area contributed by atoms with Crippen LogP contribution in [0.2, 0.25) is 0 Å². The number of amides is 1. The summed E-state index contributed by atoms with van der Waals surface area (Å²) in [4.78, 5) is 14.1. The van der Waals surface area contributed by atoms with Gasteiger partial charge in [-0.3, -0.25) is 4.79 Å². The highest BCUT2D eigenvalue weighted by molar-refractivity contribution is 5.84. The minimum absolute atomic E-state index is 0.247. The van der Waals surface area contributed by atoms with E-state index in [1.54, 1.807) is 0 Å². The highest BCUT2D eigenvalue weighted by atomic mass is 16.1.